The predicted molar refractivity (Wildman–Crippen MR) is 104 cm³/mol. The molecule has 2 aromatic carbocycles. The molecule has 6 nitrogen and oxygen atoms in total. The van der Waals surface area contributed by atoms with Crippen molar-refractivity contribution in [2.75, 3.05) is 18.6 Å². The molecule has 0 aliphatic carbocycles. The number of carbonyl (C=O) groups is 1. The number of amides is 1. The maximum Gasteiger partial charge on any atom is 0.241 e. The standard InChI is InChI=1S/C20H24N2O4S/c1-3-19(15-6-10-17(26-2)11-7-15)21-27(24,25)18-12-8-16(9-13-18)22-14-4-5-20(22)23/h6-13,19,21H,3-5,14H2,1-2H3. The fraction of sp³-hybridized carbons (Fsp3) is 0.350. The number of benzene rings is 2. The second-order valence-corrected chi connectivity index (χ2v) is 8.21. The second kappa shape index (κ2) is 8.10. The maximum absolute atomic E-state index is 12.8. The van der Waals surface area contributed by atoms with E-state index < -0.39 is 10.0 Å². The summed E-state index contributed by atoms with van der Waals surface area (Å²) in [4.78, 5) is 13.7. The first kappa shape index (κ1) is 19.4. The fourth-order valence-electron chi connectivity index (χ4n) is 3.21. The van der Waals surface area contributed by atoms with Crippen molar-refractivity contribution in [1.29, 1.82) is 0 Å². The van der Waals surface area contributed by atoms with Crippen LogP contribution in [0.4, 0.5) is 5.69 Å². The summed E-state index contributed by atoms with van der Waals surface area (Å²) >= 11 is 0. The van der Waals surface area contributed by atoms with Crippen LogP contribution < -0.4 is 14.4 Å². The smallest absolute Gasteiger partial charge is 0.241 e. The Balaban J connectivity index is 1.77. The zero-order valence-electron chi connectivity index (χ0n) is 15.5. The minimum absolute atomic E-state index is 0.0780. The van der Waals surface area contributed by atoms with Gasteiger partial charge in [0.15, 0.2) is 0 Å². The molecule has 3 rings (SSSR count). The van der Waals surface area contributed by atoms with Gasteiger partial charge in [0.2, 0.25) is 15.9 Å². The van der Waals surface area contributed by atoms with Gasteiger partial charge in [-0.1, -0.05) is 19.1 Å². The van der Waals surface area contributed by atoms with Crippen molar-refractivity contribution in [2.24, 2.45) is 0 Å². The Labute approximate surface area is 160 Å². The van der Waals surface area contributed by atoms with E-state index in [9.17, 15) is 13.2 Å². The Hall–Kier alpha value is -2.38. The molecule has 0 saturated carbocycles. The van der Waals surface area contributed by atoms with Crippen molar-refractivity contribution in [3.63, 3.8) is 0 Å². The molecule has 1 heterocycles. The van der Waals surface area contributed by atoms with Crippen molar-refractivity contribution in [3.8, 4) is 5.75 Å². The number of methoxy groups -OCH3 is 1. The lowest BCUT2D eigenvalue weighted by atomic mass is 10.1. The van der Waals surface area contributed by atoms with E-state index in [1.165, 1.54) is 0 Å². The first-order valence-electron chi connectivity index (χ1n) is 9.01. The molecule has 2 aromatic rings. The molecule has 1 unspecified atom stereocenters. The lowest BCUT2D eigenvalue weighted by Crippen LogP contribution is -2.28. The van der Waals surface area contributed by atoms with Gasteiger partial charge in [-0.3, -0.25) is 4.79 Å². The number of sulfonamides is 1. The van der Waals surface area contributed by atoms with E-state index in [4.69, 9.17) is 4.74 Å². The van der Waals surface area contributed by atoms with E-state index in [1.54, 1.807) is 36.3 Å². The van der Waals surface area contributed by atoms with E-state index in [2.05, 4.69) is 4.72 Å². The Kier molecular flexibility index (Phi) is 5.82. The predicted octanol–water partition coefficient (Wildman–Crippen LogP) is 3.25. The minimum Gasteiger partial charge on any atom is -0.497 e. The number of hydrogen-bond donors (Lipinski definition) is 1. The van der Waals surface area contributed by atoms with Crippen LogP contribution in [0, 0.1) is 0 Å². The van der Waals surface area contributed by atoms with Gasteiger partial charge in [0.1, 0.15) is 5.75 Å². The quantitative estimate of drug-likeness (QED) is 0.790. The molecule has 1 saturated heterocycles. The van der Waals surface area contributed by atoms with E-state index in [0.717, 1.165) is 23.4 Å². The first-order chi connectivity index (χ1) is 12.9. The van der Waals surface area contributed by atoms with Crippen molar-refractivity contribution in [2.45, 2.75) is 37.1 Å². The number of carbonyl (C=O) groups excluding carboxylic acids is 1. The topological polar surface area (TPSA) is 75.7 Å². The van der Waals surface area contributed by atoms with Gasteiger partial charge < -0.3 is 9.64 Å². The van der Waals surface area contributed by atoms with Gasteiger partial charge in [-0.2, -0.15) is 0 Å². The number of hydrogen-bond acceptors (Lipinski definition) is 4. The largest absolute Gasteiger partial charge is 0.497 e. The highest BCUT2D eigenvalue weighted by Gasteiger charge is 2.24. The Morgan fingerprint density at radius 3 is 2.30 bits per heavy atom. The van der Waals surface area contributed by atoms with Crippen molar-refractivity contribution < 1.29 is 17.9 Å². The lowest BCUT2D eigenvalue weighted by Gasteiger charge is -2.19. The molecule has 1 aliphatic rings. The molecule has 1 N–H and O–H groups in total. The van der Waals surface area contributed by atoms with E-state index in [-0.39, 0.29) is 16.8 Å². The highest BCUT2D eigenvalue weighted by molar-refractivity contribution is 7.89. The molecule has 1 amide bonds. The normalized spacial score (nSPS) is 15.8. The van der Waals surface area contributed by atoms with Crippen LogP contribution in [0.1, 0.15) is 37.8 Å². The van der Waals surface area contributed by atoms with Crippen LogP contribution in [0.15, 0.2) is 53.4 Å². The number of ether oxygens (including phenoxy) is 1. The fourth-order valence-corrected chi connectivity index (χ4v) is 4.51. The molecule has 1 atom stereocenters. The Morgan fingerprint density at radius 1 is 1.11 bits per heavy atom. The molecule has 0 radical (unpaired) electrons. The summed E-state index contributed by atoms with van der Waals surface area (Å²) in [5, 5.41) is 0. The van der Waals surface area contributed by atoms with Crippen LogP contribution in [0.3, 0.4) is 0 Å². The monoisotopic (exact) mass is 388 g/mol. The SMILES string of the molecule is CCC(NS(=O)(=O)c1ccc(N2CCCC2=O)cc1)c1ccc(OC)cc1. The van der Waals surface area contributed by atoms with Crippen molar-refractivity contribution >= 4 is 21.6 Å². The van der Waals surface area contributed by atoms with Gasteiger partial charge in [-0.05, 0) is 54.8 Å². The number of nitrogens with one attached hydrogen (secondary N) is 1. The summed E-state index contributed by atoms with van der Waals surface area (Å²) in [5.41, 5.74) is 1.61. The molecule has 0 bridgehead atoms. The van der Waals surface area contributed by atoms with Crippen LogP contribution in [-0.4, -0.2) is 28.0 Å². The Morgan fingerprint density at radius 2 is 1.78 bits per heavy atom. The van der Waals surface area contributed by atoms with Gasteiger partial charge in [0, 0.05) is 24.7 Å². The summed E-state index contributed by atoms with van der Waals surface area (Å²) in [6, 6.07) is 13.5. The molecular weight excluding hydrogens is 364 g/mol. The summed E-state index contributed by atoms with van der Waals surface area (Å²) in [6.07, 6.45) is 1.99. The number of rotatable bonds is 7. The highest BCUT2D eigenvalue weighted by Crippen LogP contribution is 2.25. The molecule has 1 fully saturated rings. The molecule has 27 heavy (non-hydrogen) atoms. The third-order valence-electron chi connectivity index (χ3n) is 4.76. The van der Waals surface area contributed by atoms with Crippen LogP contribution in [0.25, 0.3) is 0 Å². The molecule has 1 aliphatic heterocycles. The zero-order chi connectivity index (χ0) is 19.4. The van der Waals surface area contributed by atoms with E-state index in [0.29, 0.717) is 19.4 Å². The van der Waals surface area contributed by atoms with Crippen molar-refractivity contribution in [1.82, 2.24) is 4.72 Å². The molecule has 0 spiro atoms. The van der Waals surface area contributed by atoms with Crippen LogP contribution in [-0.2, 0) is 14.8 Å². The average Bonchev–Trinajstić information content (AvgIpc) is 3.12. The Bertz CT molecular complexity index is 893. The molecular formula is C20H24N2O4S. The lowest BCUT2D eigenvalue weighted by molar-refractivity contribution is -0.117. The van der Waals surface area contributed by atoms with Gasteiger partial charge >= 0.3 is 0 Å². The van der Waals surface area contributed by atoms with E-state index in [1.807, 2.05) is 31.2 Å². The number of anilines is 1. The van der Waals surface area contributed by atoms with Crippen molar-refractivity contribution in [3.05, 3.63) is 54.1 Å². The van der Waals surface area contributed by atoms with E-state index >= 15 is 0 Å². The molecule has 7 heteroatoms. The van der Waals surface area contributed by atoms with Crippen LogP contribution >= 0.6 is 0 Å². The summed E-state index contributed by atoms with van der Waals surface area (Å²) in [6.45, 7) is 2.61. The van der Waals surface area contributed by atoms with Crippen LogP contribution in [0.2, 0.25) is 0 Å². The third kappa shape index (κ3) is 4.31. The first-order valence-corrected chi connectivity index (χ1v) is 10.5. The number of nitrogens with zero attached hydrogens (tertiary/aromatic N) is 1. The maximum atomic E-state index is 12.8. The highest BCUT2D eigenvalue weighted by atomic mass is 32.2. The zero-order valence-corrected chi connectivity index (χ0v) is 16.3. The van der Waals surface area contributed by atoms with Gasteiger partial charge in [0.25, 0.3) is 0 Å². The van der Waals surface area contributed by atoms with Crippen LogP contribution in [0.5, 0.6) is 5.75 Å². The van der Waals surface area contributed by atoms with Gasteiger partial charge in [-0.25, -0.2) is 13.1 Å². The second-order valence-electron chi connectivity index (χ2n) is 6.50. The molecule has 144 valence electrons. The summed E-state index contributed by atoms with van der Waals surface area (Å²) in [7, 11) is -2.08. The molecule has 0 aromatic heterocycles. The summed E-state index contributed by atoms with van der Waals surface area (Å²) < 4.78 is 33.5. The summed E-state index contributed by atoms with van der Waals surface area (Å²) in [5.74, 6) is 0.804. The minimum atomic E-state index is -3.67. The third-order valence-corrected chi connectivity index (χ3v) is 6.24. The van der Waals surface area contributed by atoms with Gasteiger partial charge in [0.05, 0.1) is 12.0 Å². The van der Waals surface area contributed by atoms with Gasteiger partial charge in [-0.15, -0.1) is 0 Å². The average molecular weight is 388 g/mol.